The average Bonchev–Trinajstić information content (AvgIpc) is 2.70. The van der Waals surface area contributed by atoms with E-state index in [0.29, 0.717) is 10.9 Å². The number of rotatable bonds is 4. The maximum Gasteiger partial charge on any atom is 0.133 e. The van der Waals surface area contributed by atoms with E-state index in [0.717, 1.165) is 18.0 Å². The second-order valence-corrected chi connectivity index (χ2v) is 5.21. The Labute approximate surface area is 118 Å². The van der Waals surface area contributed by atoms with Gasteiger partial charge in [-0.2, -0.15) is 0 Å². The minimum absolute atomic E-state index is 0.209. The Kier molecular flexibility index (Phi) is 4.31. The molecule has 102 valence electrons. The highest BCUT2D eigenvalue weighted by Crippen LogP contribution is 2.27. The minimum atomic E-state index is -1.19. The van der Waals surface area contributed by atoms with Gasteiger partial charge >= 0.3 is 0 Å². The molecule has 1 heterocycles. The molecule has 1 N–H and O–H groups in total. The molecular weight excluding hydrogens is 318 g/mol. The number of hydrogen-bond acceptors (Lipinski definition) is 2. The van der Waals surface area contributed by atoms with Crippen LogP contribution < -0.4 is 0 Å². The maximum atomic E-state index is 13.7. The molecule has 0 aliphatic heterocycles. The van der Waals surface area contributed by atoms with Gasteiger partial charge in [-0.15, -0.1) is 0 Å². The smallest absolute Gasteiger partial charge is 0.133 e. The zero-order valence-corrected chi connectivity index (χ0v) is 11.9. The van der Waals surface area contributed by atoms with Crippen LogP contribution in [0.4, 0.5) is 8.78 Å². The van der Waals surface area contributed by atoms with Gasteiger partial charge in [-0.3, -0.25) is 0 Å². The van der Waals surface area contributed by atoms with Crippen LogP contribution in [0.15, 0.2) is 29.0 Å². The van der Waals surface area contributed by atoms with Gasteiger partial charge < -0.3 is 9.67 Å². The number of nitrogens with zero attached hydrogens (tertiary/aromatic N) is 2. The molecule has 0 saturated heterocycles. The first-order valence-corrected chi connectivity index (χ1v) is 6.57. The third-order valence-electron chi connectivity index (χ3n) is 2.94. The fourth-order valence-corrected chi connectivity index (χ4v) is 2.32. The molecule has 1 atom stereocenters. The Morgan fingerprint density at radius 3 is 2.53 bits per heavy atom. The Balaban J connectivity index is 2.12. The Hall–Kier alpha value is -1.27. The lowest BCUT2D eigenvalue weighted by Crippen LogP contribution is -2.07. The summed E-state index contributed by atoms with van der Waals surface area (Å²) in [6.45, 7) is 0. The van der Waals surface area contributed by atoms with Gasteiger partial charge in [0.15, 0.2) is 0 Å². The van der Waals surface area contributed by atoms with Crippen molar-refractivity contribution >= 4 is 15.9 Å². The monoisotopic (exact) mass is 330 g/mol. The number of benzene rings is 1. The van der Waals surface area contributed by atoms with E-state index in [1.807, 2.05) is 7.05 Å². The standard InChI is InChI=1S/C13H13BrF2N2O/c1-18-5-4-17-12(18)3-2-11(19)13-9(15)6-8(14)7-10(13)16/h4-7,11,19H,2-3H2,1H3. The highest BCUT2D eigenvalue weighted by molar-refractivity contribution is 9.10. The zero-order chi connectivity index (χ0) is 14.0. The van der Waals surface area contributed by atoms with Crippen LogP contribution in [-0.2, 0) is 13.5 Å². The van der Waals surface area contributed by atoms with E-state index in [1.165, 1.54) is 0 Å². The summed E-state index contributed by atoms with van der Waals surface area (Å²) in [6, 6.07) is 2.28. The van der Waals surface area contributed by atoms with Crippen molar-refractivity contribution in [3.05, 3.63) is 52.0 Å². The van der Waals surface area contributed by atoms with Gasteiger partial charge in [0.25, 0.3) is 0 Å². The molecule has 1 aromatic carbocycles. The summed E-state index contributed by atoms with van der Waals surface area (Å²) in [5.74, 6) is -0.740. The molecule has 1 aromatic heterocycles. The van der Waals surface area contributed by atoms with Crippen molar-refractivity contribution in [2.45, 2.75) is 18.9 Å². The lowest BCUT2D eigenvalue weighted by molar-refractivity contribution is 0.157. The van der Waals surface area contributed by atoms with Gasteiger partial charge in [-0.25, -0.2) is 13.8 Å². The van der Waals surface area contributed by atoms with Gasteiger partial charge in [-0.05, 0) is 18.6 Å². The molecule has 0 saturated carbocycles. The van der Waals surface area contributed by atoms with E-state index >= 15 is 0 Å². The van der Waals surface area contributed by atoms with Crippen molar-refractivity contribution in [1.29, 1.82) is 0 Å². The molecule has 1 unspecified atom stereocenters. The van der Waals surface area contributed by atoms with Crippen molar-refractivity contribution in [1.82, 2.24) is 9.55 Å². The van der Waals surface area contributed by atoms with Crippen molar-refractivity contribution in [2.24, 2.45) is 7.05 Å². The van der Waals surface area contributed by atoms with Gasteiger partial charge in [0.05, 0.1) is 11.7 Å². The first kappa shape index (κ1) is 14.1. The second-order valence-electron chi connectivity index (χ2n) is 4.29. The van der Waals surface area contributed by atoms with Crippen molar-refractivity contribution in [3.63, 3.8) is 0 Å². The summed E-state index contributed by atoms with van der Waals surface area (Å²) >= 11 is 3.00. The molecule has 6 heteroatoms. The number of aryl methyl sites for hydroxylation is 2. The first-order valence-electron chi connectivity index (χ1n) is 5.77. The first-order chi connectivity index (χ1) is 8.99. The van der Waals surface area contributed by atoms with Gasteiger partial charge in [0, 0.05) is 30.3 Å². The zero-order valence-electron chi connectivity index (χ0n) is 10.3. The molecule has 0 spiro atoms. The fourth-order valence-electron chi connectivity index (χ4n) is 1.92. The van der Waals surface area contributed by atoms with E-state index < -0.39 is 17.7 Å². The van der Waals surface area contributed by atoms with E-state index in [9.17, 15) is 13.9 Å². The molecule has 0 amide bonds. The molecule has 0 aliphatic carbocycles. The van der Waals surface area contributed by atoms with Crippen LogP contribution in [0.1, 0.15) is 23.9 Å². The summed E-state index contributed by atoms with van der Waals surface area (Å²) in [4.78, 5) is 4.10. The van der Waals surface area contributed by atoms with Crippen molar-refractivity contribution in [2.75, 3.05) is 0 Å². The highest BCUT2D eigenvalue weighted by Gasteiger charge is 2.19. The lowest BCUT2D eigenvalue weighted by Gasteiger charge is -2.13. The van der Waals surface area contributed by atoms with Crippen molar-refractivity contribution in [3.8, 4) is 0 Å². The fraction of sp³-hybridized carbons (Fsp3) is 0.308. The van der Waals surface area contributed by atoms with E-state index in [2.05, 4.69) is 20.9 Å². The number of aliphatic hydroxyl groups excluding tert-OH is 1. The van der Waals surface area contributed by atoms with Crippen LogP contribution in [0.3, 0.4) is 0 Å². The largest absolute Gasteiger partial charge is 0.388 e. The highest BCUT2D eigenvalue weighted by atomic mass is 79.9. The molecule has 2 rings (SSSR count). The molecule has 3 nitrogen and oxygen atoms in total. The number of aromatic nitrogens is 2. The third-order valence-corrected chi connectivity index (χ3v) is 3.40. The predicted octanol–water partition coefficient (Wildman–Crippen LogP) is 3.13. The van der Waals surface area contributed by atoms with Crippen LogP contribution in [-0.4, -0.2) is 14.7 Å². The van der Waals surface area contributed by atoms with E-state index in [4.69, 9.17) is 0 Å². The second kappa shape index (κ2) is 5.79. The summed E-state index contributed by atoms with van der Waals surface area (Å²) in [5.41, 5.74) is -0.294. The normalized spacial score (nSPS) is 12.7. The van der Waals surface area contributed by atoms with Crippen molar-refractivity contribution < 1.29 is 13.9 Å². The lowest BCUT2D eigenvalue weighted by atomic mass is 10.0. The Morgan fingerprint density at radius 2 is 2.00 bits per heavy atom. The number of aliphatic hydroxyl groups is 1. The third kappa shape index (κ3) is 3.19. The molecular formula is C13H13BrF2N2O. The quantitative estimate of drug-likeness (QED) is 0.935. The molecule has 0 aliphatic rings. The summed E-state index contributed by atoms with van der Waals surface area (Å²) in [7, 11) is 1.83. The average molecular weight is 331 g/mol. The summed E-state index contributed by atoms with van der Waals surface area (Å²) in [6.07, 6.45) is 2.88. The van der Waals surface area contributed by atoms with Gasteiger partial charge in [0.2, 0.25) is 0 Å². The molecule has 0 bridgehead atoms. The van der Waals surface area contributed by atoms with Gasteiger partial charge in [0.1, 0.15) is 17.5 Å². The van der Waals surface area contributed by atoms with Crippen LogP contribution >= 0.6 is 15.9 Å². The Bertz CT molecular complexity index is 563. The summed E-state index contributed by atoms with van der Waals surface area (Å²) < 4.78 is 29.4. The van der Waals surface area contributed by atoms with E-state index in [-0.39, 0.29) is 12.0 Å². The molecule has 19 heavy (non-hydrogen) atoms. The van der Waals surface area contributed by atoms with Crippen LogP contribution in [0.25, 0.3) is 0 Å². The SMILES string of the molecule is Cn1ccnc1CCC(O)c1c(F)cc(Br)cc1F. The predicted molar refractivity (Wildman–Crippen MR) is 70.5 cm³/mol. The van der Waals surface area contributed by atoms with Gasteiger partial charge in [-0.1, -0.05) is 15.9 Å². The number of hydrogen-bond donors (Lipinski definition) is 1. The number of imidazole rings is 1. The summed E-state index contributed by atoms with van der Waals surface area (Å²) in [5, 5.41) is 9.93. The topological polar surface area (TPSA) is 38.0 Å². The maximum absolute atomic E-state index is 13.7. The minimum Gasteiger partial charge on any atom is -0.388 e. The number of halogens is 3. The van der Waals surface area contributed by atoms with E-state index in [1.54, 1.807) is 17.0 Å². The molecule has 0 fully saturated rings. The van der Waals surface area contributed by atoms with Crippen LogP contribution in [0, 0.1) is 11.6 Å². The van der Waals surface area contributed by atoms with Crippen LogP contribution in [0.2, 0.25) is 0 Å². The molecule has 2 aromatic rings. The molecule has 0 radical (unpaired) electrons. The van der Waals surface area contributed by atoms with Crippen LogP contribution in [0.5, 0.6) is 0 Å². The Morgan fingerprint density at radius 1 is 1.37 bits per heavy atom.